The number of rotatable bonds is 5. The van der Waals surface area contributed by atoms with E-state index in [4.69, 9.17) is 14.5 Å². The summed E-state index contributed by atoms with van der Waals surface area (Å²) < 4.78 is 13.4. The summed E-state index contributed by atoms with van der Waals surface area (Å²) in [5, 5.41) is 7.52. The van der Waals surface area contributed by atoms with Crippen molar-refractivity contribution in [1.82, 2.24) is 34.4 Å². The summed E-state index contributed by atoms with van der Waals surface area (Å²) in [6, 6.07) is 13.5. The SMILES string of the molecule is Cc1cc(Nc2ncnc3ccc(N4CCN(C(=O)OC(C)(C)C)C[C@@H]4C)nc23)ccc1Oc1ccn2ncnc2c1. The summed E-state index contributed by atoms with van der Waals surface area (Å²) in [4.78, 5) is 34.6. The highest BCUT2D eigenvalue weighted by molar-refractivity contribution is 5.88. The lowest BCUT2D eigenvalue weighted by molar-refractivity contribution is 0.0218. The first-order valence-electron chi connectivity index (χ1n) is 13.8. The van der Waals surface area contributed by atoms with Crippen molar-refractivity contribution in [2.45, 2.75) is 46.3 Å². The topological polar surface area (TPSA) is 123 Å². The molecule has 12 nitrogen and oxygen atoms in total. The molecule has 12 heteroatoms. The maximum atomic E-state index is 12.6. The molecule has 1 amide bonds. The predicted molar refractivity (Wildman–Crippen MR) is 159 cm³/mol. The van der Waals surface area contributed by atoms with Gasteiger partial charge in [-0.1, -0.05) is 0 Å². The Balaban J connectivity index is 1.19. The van der Waals surface area contributed by atoms with Gasteiger partial charge in [-0.15, -0.1) is 0 Å². The summed E-state index contributed by atoms with van der Waals surface area (Å²) >= 11 is 0. The first-order chi connectivity index (χ1) is 20.1. The molecule has 0 spiro atoms. The number of carbonyl (C=O) groups is 1. The van der Waals surface area contributed by atoms with Crippen LogP contribution in [0.5, 0.6) is 11.5 Å². The van der Waals surface area contributed by atoms with E-state index in [-0.39, 0.29) is 12.1 Å². The quantitative estimate of drug-likeness (QED) is 0.297. The molecule has 1 aliphatic rings. The van der Waals surface area contributed by atoms with Gasteiger partial charge in [0.25, 0.3) is 0 Å². The number of amides is 1. The molecule has 1 N–H and O–H groups in total. The standard InChI is InChI=1S/C30H33N9O3/c1-19-14-21(6-8-24(19)41-22-10-11-39-26(15-22)32-18-34-39)35-28-27-23(31-17-33-28)7-9-25(36-27)38-13-12-37(16-20(38)2)29(40)42-30(3,4)5/h6-11,14-15,17-18,20H,12-13,16H2,1-5H3,(H,31,33,35)/t20-/m0/s1. The van der Waals surface area contributed by atoms with Gasteiger partial charge in [-0.2, -0.15) is 5.10 Å². The van der Waals surface area contributed by atoms with Crippen molar-refractivity contribution in [3.63, 3.8) is 0 Å². The molecule has 0 unspecified atom stereocenters. The highest BCUT2D eigenvalue weighted by Gasteiger charge is 2.30. The van der Waals surface area contributed by atoms with E-state index in [2.05, 4.69) is 37.2 Å². The Hall–Kier alpha value is -5.00. The number of pyridine rings is 2. The number of carbonyl (C=O) groups excluding carboxylic acids is 1. The zero-order valence-corrected chi connectivity index (χ0v) is 24.3. The van der Waals surface area contributed by atoms with Crippen molar-refractivity contribution in [2.75, 3.05) is 29.9 Å². The summed E-state index contributed by atoms with van der Waals surface area (Å²) in [6.45, 7) is 11.4. The van der Waals surface area contributed by atoms with Crippen LogP contribution in [0.4, 0.5) is 22.1 Å². The third-order valence-corrected chi connectivity index (χ3v) is 6.96. The first kappa shape index (κ1) is 27.2. The second-order valence-corrected chi connectivity index (χ2v) is 11.4. The van der Waals surface area contributed by atoms with E-state index in [0.29, 0.717) is 42.4 Å². The molecule has 216 valence electrons. The average molecular weight is 568 g/mol. The smallest absolute Gasteiger partial charge is 0.410 e. The van der Waals surface area contributed by atoms with Crippen LogP contribution in [0.15, 0.2) is 61.3 Å². The lowest BCUT2D eigenvalue weighted by Gasteiger charge is -2.40. The van der Waals surface area contributed by atoms with Gasteiger partial charge in [0.05, 0.1) is 5.52 Å². The number of hydrogen-bond donors (Lipinski definition) is 1. The maximum absolute atomic E-state index is 12.6. The molecular weight excluding hydrogens is 534 g/mol. The van der Waals surface area contributed by atoms with Gasteiger partial charge in [-0.25, -0.2) is 29.2 Å². The number of ether oxygens (including phenoxy) is 2. The minimum atomic E-state index is -0.528. The number of nitrogens with one attached hydrogen (secondary N) is 1. The van der Waals surface area contributed by atoms with Gasteiger partial charge >= 0.3 is 6.09 Å². The molecule has 1 atom stereocenters. The third-order valence-electron chi connectivity index (χ3n) is 6.96. The minimum absolute atomic E-state index is 0.0536. The van der Waals surface area contributed by atoms with Gasteiger partial charge < -0.3 is 24.6 Å². The van der Waals surface area contributed by atoms with Gasteiger partial charge in [0.15, 0.2) is 11.5 Å². The molecule has 6 rings (SSSR count). The lowest BCUT2D eigenvalue weighted by atomic mass is 10.2. The normalized spacial score (nSPS) is 15.7. The number of fused-ring (bicyclic) bond motifs is 2. The van der Waals surface area contributed by atoms with E-state index in [1.54, 1.807) is 9.42 Å². The van der Waals surface area contributed by atoms with E-state index in [1.807, 2.05) is 76.4 Å². The minimum Gasteiger partial charge on any atom is -0.457 e. The van der Waals surface area contributed by atoms with E-state index < -0.39 is 5.60 Å². The summed E-state index contributed by atoms with van der Waals surface area (Å²) in [6.07, 6.45) is 4.56. The Bertz CT molecular complexity index is 1760. The molecule has 5 heterocycles. The fraction of sp³-hybridized carbons (Fsp3) is 0.333. The van der Waals surface area contributed by atoms with Gasteiger partial charge in [-0.3, -0.25) is 0 Å². The summed E-state index contributed by atoms with van der Waals surface area (Å²) in [5.41, 5.74) is 3.38. The molecule has 1 aliphatic heterocycles. The molecule has 1 fully saturated rings. The molecule has 0 bridgehead atoms. The molecule has 0 radical (unpaired) electrons. The van der Waals surface area contributed by atoms with Crippen molar-refractivity contribution < 1.29 is 14.3 Å². The van der Waals surface area contributed by atoms with Crippen LogP contribution in [0.2, 0.25) is 0 Å². The van der Waals surface area contributed by atoms with Crippen LogP contribution in [0.3, 0.4) is 0 Å². The van der Waals surface area contributed by atoms with Crippen LogP contribution in [0.1, 0.15) is 33.3 Å². The van der Waals surface area contributed by atoms with Crippen molar-refractivity contribution in [1.29, 1.82) is 0 Å². The zero-order chi connectivity index (χ0) is 29.4. The Morgan fingerprint density at radius 2 is 1.88 bits per heavy atom. The van der Waals surface area contributed by atoms with Gasteiger partial charge in [0.2, 0.25) is 0 Å². The second-order valence-electron chi connectivity index (χ2n) is 11.4. The van der Waals surface area contributed by atoms with Gasteiger partial charge in [-0.05, 0) is 76.6 Å². The van der Waals surface area contributed by atoms with Crippen molar-refractivity contribution in [3.05, 3.63) is 66.9 Å². The summed E-state index contributed by atoms with van der Waals surface area (Å²) in [7, 11) is 0. The molecule has 4 aromatic heterocycles. The molecule has 1 aromatic carbocycles. The lowest BCUT2D eigenvalue weighted by Crippen LogP contribution is -2.54. The largest absolute Gasteiger partial charge is 0.457 e. The highest BCUT2D eigenvalue weighted by atomic mass is 16.6. The Morgan fingerprint density at radius 1 is 1.02 bits per heavy atom. The van der Waals surface area contributed by atoms with E-state index in [0.717, 1.165) is 28.3 Å². The summed E-state index contributed by atoms with van der Waals surface area (Å²) in [5.74, 6) is 2.82. The number of nitrogens with zero attached hydrogens (tertiary/aromatic N) is 8. The first-order valence-corrected chi connectivity index (χ1v) is 13.8. The molecule has 1 saturated heterocycles. The van der Waals surface area contributed by atoms with Crippen molar-refractivity contribution >= 4 is 40.1 Å². The fourth-order valence-corrected chi connectivity index (χ4v) is 4.94. The van der Waals surface area contributed by atoms with E-state index in [1.165, 1.54) is 12.7 Å². The fourth-order valence-electron chi connectivity index (χ4n) is 4.94. The molecule has 42 heavy (non-hydrogen) atoms. The molecule has 5 aromatic rings. The predicted octanol–water partition coefficient (Wildman–Crippen LogP) is 5.36. The van der Waals surface area contributed by atoms with Crippen LogP contribution in [-0.2, 0) is 4.74 Å². The van der Waals surface area contributed by atoms with Gasteiger partial charge in [0.1, 0.15) is 41.1 Å². The van der Waals surface area contributed by atoms with E-state index in [9.17, 15) is 4.79 Å². The van der Waals surface area contributed by atoms with Gasteiger partial charge in [0, 0.05) is 43.6 Å². The third kappa shape index (κ3) is 5.73. The Kier molecular flexibility index (Phi) is 6.97. The maximum Gasteiger partial charge on any atom is 0.410 e. The van der Waals surface area contributed by atoms with Crippen molar-refractivity contribution in [3.8, 4) is 11.5 Å². The monoisotopic (exact) mass is 567 g/mol. The highest BCUT2D eigenvalue weighted by Crippen LogP contribution is 2.31. The van der Waals surface area contributed by atoms with Crippen LogP contribution in [-0.4, -0.2) is 71.8 Å². The molecule has 0 saturated carbocycles. The second kappa shape index (κ2) is 10.8. The number of benzene rings is 1. The molecule has 0 aliphatic carbocycles. The van der Waals surface area contributed by atoms with E-state index >= 15 is 0 Å². The van der Waals surface area contributed by atoms with Crippen LogP contribution >= 0.6 is 0 Å². The van der Waals surface area contributed by atoms with Crippen LogP contribution in [0, 0.1) is 6.92 Å². The number of piperazine rings is 1. The van der Waals surface area contributed by atoms with Crippen LogP contribution < -0.4 is 15.0 Å². The number of hydrogen-bond acceptors (Lipinski definition) is 10. The molecular formula is C30H33N9O3. The number of aromatic nitrogens is 6. The zero-order valence-electron chi connectivity index (χ0n) is 24.3. The number of aryl methyl sites for hydroxylation is 1. The average Bonchev–Trinajstić information content (AvgIpc) is 3.42. The Labute approximate surface area is 243 Å². The number of anilines is 3. The van der Waals surface area contributed by atoms with Crippen LogP contribution in [0.25, 0.3) is 16.7 Å². The Morgan fingerprint density at radius 3 is 2.67 bits per heavy atom. The van der Waals surface area contributed by atoms with Crippen molar-refractivity contribution in [2.24, 2.45) is 0 Å².